The summed E-state index contributed by atoms with van der Waals surface area (Å²) in [5.41, 5.74) is 7.53. The molecule has 0 unspecified atom stereocenters. The van der Waals surface area contributed by atoms with E-state index >= 15 is 0 Å². The SMILES string of the molecule is CC(C)(C)CNc1c(C#N)cnc2c(C#N)cc(N[C@H](c3cn(C4CCN(C(C)(C)C)CC4)nn3)c3cccc4ncsc34)cc12. The summed E-state index contributed by atoms with van der Waals surface area (Å²) < 4.78 is 3.09. The van der Waals surface area contributed by atoms with Crippen molar-refractivity contribution in [1.29, 1.82) is 10.5 Å². The van der Waals surface area contributed by atoms with Crippen LogP contribution in [0, 0.1) is 28.1 Å². The molecule has 4 heterocycles. The lowest BCUT2D eigenvalue weighted by Gasteiger charge is -2.40. The van der Waals surface area contributed by atoms with Gasteiger partial charge in [-0.1, -0.05) is 38.1 Å². The maximum atomic E-state index is 10.2. The van der Waals surface area contributed by atoms with Crippen molar-refractivity contribution in [3.05, 3.63) is 70.6 Å². The van der Waals surface area contributed by atoms with E-state index in [0.29, 0.717) is 34.3 Å². The van der Waals surface area contributed by atoms with Gasteiger partial charge in [-0.2, -0.15) is 10.5 Å². The zero-order chi connectivity index (χ0) is 32.6. The molecule has 5 aromatic rings. The first-order chi connectivity index (χ1) is 21.9. The van der Waals surface area contributed by atoms with Gasteiger partial charge in [-0.3, -0.25) is 9.88 Å². The highest BCUT2D eigenvalue weighted by Gasteiger charge is 2.29. The fourth-order valence-electron chi connectivity index (χ4n) is 6.12. The monoisotopic (exact) mass is 632 g/mol. The number of rotatable bonds is 7. The van der Waals surface area contributed by atoms with Gasteiger partial charge in [-0.25, -0.2) is 9.67 Å². The predicted molar refractivity (Wildman–Crippen MR) is 184 cm³/mol. The van der Waals surface area contributed by atoms with E-state index in [1.54, 1.807) is 17.5 Å². The molecule has 10 nitrogen and oxygen atoms in total. The normalized spacial score (nSPS) is 15.5. The van der Waals surface area contributed by atoms with Gasteiger partial charge in [0.05, 0.1) is 56.3 Å². The highest BCUT2D eigenvalue weighted by molar-refractivity contribution is 7.17. The van der Waals surface area contributed by atoms with E-state index in [9.17, 15) is 10.5 Å². The molecule has 2 N–H and O–H groups in total. The summed E-state index contributed by atoms with van der Waals surface area (Å²) in [4.78, 5) is 11.6. The quantitative estimate of drug-likeness (QED) is 0.190. The molecular weight excluding hydrogens is 593 g/mol. The van der Waals surface area contributed by atoms with Crippen LogP contribution < -0.4 is 10.6 Å². The van der Waals surface area contributed by atoms with Crippen LogP contribution >= 0.6 is 11.3 Å². The van der Waals surface area contributed by atoms with Crippen molar-refractivity contribution in [2.75, 3.05) is 30.3 Å². The van der Waals surface area contributed by atoms with Crippen LogP contribution in [0.2, 0.25) is 0 Å². The highest BCUT2D eigenvalue weighted by Crippen LogP contribution is 2.37. The molecule has 1 fully saturated rings. The Balaban J connectivity index is 1.41. The number of thiazole rings is 1. The minimum atomic E-state index is -0.366. The van der Waals surface area contributed by atoms with Crippen molar-refractivity contribution in [1.82, 2.24) is 29.9 Å². The van der Waals surface area contributed by atoms with Crippen molar-refractivity contribution in [3.63, 3.8) is 0 Å². The summed E-state index contributed by atoms with van der Waals surface area (Å²) in [6.07, 6.45) is 5.63. The number of fused-ring (bicyclic) bond motifs is 2. The first kappa shape index (κ1) is 31.4. The van der Waals surface area contributed by atoms with E-state index in [-0.39, 0.29) is 23.0 Å². The van der Waals surface area contributed by atoms with Crippen LogP contribution in [0.4, 0.5) is 11.4 Å². The highest BCUT2D eigenvalue weighted by atomic mass is 32.1. The Labute approximate surface area is 274 Å². The van der Waals surface area contributed by atoms with E-state index in [1.807, 2.05) is 34.5 Å². The van der Waals surface area contributed by atoms with Crippen LogP contribution in [0.5, 0.6) is 0 Å². The number of benzene rings is 2. The van der Waals surface area contributed by atoms with Gasteiger partial charge < -0.3 is 10.6 Å². The molecule has 1 aliphatic rings. The Morgan fingerprint density at radius 1 is 1.02 bits per heavy atom. The Bertz CT molecular complexity index is 1960. The minimum Gasteiger partial charge on any atom is -0.383 e. The lowest BCUT2D eigenvalue weighted by Crippen LogP contribution is -2.46. The number of pyridine rings is 1. The number of nitriles is 2. The predicted octanol–water partition coefficient (Wildman–Crippen LogP) is 7.27. The lowest BCUT2D eigenvalue weighted by molar-refractivity contribution is 0.0866. The molecule has 0 amide bonds. The fourth-order valence-corrected chi connectivity index (χ4v) is 6.95. The van der Waals surface area contributed by atoms with Crippen molar-refractivity contribution >= 4 is 43.8 Å². The molecule has 1 saturated heterocycles. The van der Waals surface area contributed by atoms with Crippen molar-refractivity contribution in [2.45, 2.75) is 72.0 Å². The number of nitrogens with one attached hydrogen (secondary N) is 2. The first-order valence-corrected chi connectivity index (χ1v) is 16.6. The molecule has 0 saturated carbocycles. The van der Waals surface area contributed by atoms with Crippen molar-refractivity contribution < 1.29 is 0 Å². The van der Waals surface area contributed by atoms with Crippen LogP contribution in [0.25, 0.3) is 21.1 Å². The fraction of sp³-hybridized carbons (Fsp3) is 0.429. The van der Waals surface area contributed by atoms with E-state index < -0.39 is 0 Å². The molecule has 2 aromatic carbocycles. The number of anilines is 2. The molecule has 236 valence electrons. The van der Waals surface area contributed by atoms with E-state index in [4.69, 9.17) is 5.10 Å². The average Bonchev–Trinajstić information content (AvgIpc) is 3.72. The van der Waals surface area contributed by atoms with Gasteiger partial charge in [0.2, 0.25) is 0 Å². The molecular formula is C35H40N10S. The van der Waals surface area contributed by atoms with Crippen LogP contribution in [0.15, 0.2) is 48.2 Å². The van der Waals surface area contributed by atoms with Gasteiger partial charge in [-0.15, -0.1) is 16.4 Å². The molecule has 46 heavy (non-hydrogen) atoms. The summed E-state index contributed by atoms with van der Waals surface area (Å²) in [6.45, 7) is 15.9. The summed E-state index contributed by atoms with van der Waals surface area (Å²) in [6, 6.07) is 14.4. The molecule has 1 aliphatic heterocycles. The Hall–Kier alpha value is -4.58. The van der Waals surface area contributed by atoms with Crippen LogP contribution in [0.1, 0.15) is 88.9 Å². The number of nitrogens with zero attached hydrogens (tertiary/aromatic N) is 8. The molecule has 1 atom stereocenters. The van der Waals surface area contributed by atoms with Gasteiger partial charge >= 0.3 is 0 Å². The summed E-state index contributed by atoms with van der Waals surface area (Å²) >= 11 is 1.59. The second-order valence-corrected chi connectivity index (χ2v) is 15.1. The molecule has 0 aliphatic carbocycles. The van der Waals surface area contributed by atoms with Crippen LogP contribution in [-0.4, -0.2) is 55.0 Å². The Morgan fingerprint density at radius 2 is 1.78 bits per heavy atom. The molecule has 0 radical (unpaired) electrons. The molecule has 6 rings (SSSR count). The van der Waals surface area contributed by atoms with E-state index in [0.717, 1.165) is 53.1 Å². The molecule has 3 aromatic heterocycles. The lowest BCUT2D eigenvalue weighted by atomic mass is 9.96. The second kappa shape index (κ2) is 12.3. The summed E-state index contributed by atoms with van der Waals surface area (Å²) in [7, 11) is 0. The standard InChI is InChI=1S/C35H40N10S/c1-34(2,3)20-39-31-23(17-37)18-38-30-22(16-36)14-24(15-27(30)31)41-32(26-8-7-9-28-33(26)46-21-40-28)29-19-45(43-42-29)25-10-12-44(13-11-25)35(4,5)6/h7-9,14-15,18-19,21,25,32,41H,10-13,20H2,1-6H3,(H,38,39)/t32-/m0/s1. The zero-order valence-electron chi connectivity index (χ0n) is 27.3. The van der Waals surface area contributed by atoms with Gasteiger partial charge in [0.25, 0.3) is 0 Å². The van der Waals surface area contributed by atoms with E-state index in [1.165, 1.54) is 0 Å². The number of hydrogen-bond donors (Lipinski definition) is 2. The summed E-state index contributed by atoms with van der Waals surface area (Å²) in [5.74, 6) is 0. The topological polar surface area (TPSA) is 131 Å². The largest absolute Gasteiger partial charge is 0.383 e. The third-order valence-corrected chi connectivity index (χ3v) is 9.52. The van der Waals surface area contributed by atoms with Crippen molar-refractivity contribution in [2.24, 2.45) is 5.41 Å². The van der Waals surface area contributed by atoms with Crippen molar-refractivity contribution in [3.8, 4) is 12.1 Å². The van der Waals surface area contributed by atoms with Gasteiger partial charge in [0, 0.05) is 42.4 Å². The number of likely N-dealkylation sites (tertiary alicyclic amines) is 1. The minimum absolute atomic E-state index is 0.0239. The van der Waals surface area contributed by atoms with Gasteiger partial charge in [-0.05, 0) is 62.8 Å². The molecule has 11 heteroatoms. The molecule has 0 spiro atoms. The van der Waals surface area contributed by atoms with Gasteiger partial charge in [0.1, 0.15) is 17.8 Å². The first-order valence-electron chi connectivity index (χ1n) is 15.7. The third-order valence-electron chi connectivity index (χ3n) is 8.63. The van der Waals surface area contributed by atoms with Gasteiger partial charge in [0.15, 0.2) is 0 Å². The van der Waals surface area contributed by atoms with Crippen LogP contribution in [0.3, 0.4) is 0 Å². The third kappa shape index (κ3) is 6.39. The molecule has 0 bridgehead atoms. The number of aromatic nitrogens is 5. The second-order valence-electron chi connectivity index (χ2n) is 14.2. The smallest absolute Gasteiger partial charge is 0.110 e. The average molecular weight is 633 g/mol. The number of piperidine rings is 1. The summed E-state index contributed by atoms with van der Waals surface area (Å²) in [5, 5.41) is 37.4. The Kier molecular flexibility index (Phi) is 8.41. The number of hydrogen-bond acceptors (Lipinski definition) is 10. The van der Waals surface area contributed by atoms with Crippen LogP contribution in [-0.2, 0) is 0 Å². The zero-order valence-corrected chi connectivity index (χ0v) is 28.1. The Morgan fingerprint density at radius 3 is 2.48 bits per heavy atom. The maximum Gasteiger partial charge on any atom is 0.110 e. The van der Waals surface area contributed by atoms with E-state index in [2.05, 4.69) is 96.7 Å². The maximum absolute atomic E-state index is 10.2.